The largest absolute Gasteiger partial charge is 0.368 e. The van der Waals surface area contributed by atoms with E-state index in [1.165, 1.54) is 0 Å². The predicted octanol–water partition coefficient (Wildman–Crippen LogP) is 0.0820. The predicted molar refractivity (Wildman–Crippen MR) is 58.1 cm³/mol. The first-order valence-electron chi connectivity index (χ1n) is 5.06. The monoisotopic (exact) mass is 210 g/mol. The van der Waals surface area contributed by atoms with Gasteiger partial charge in [0.25, 0.3) is 0 Å². The van der Waals surface area contributed by atoms with Crippen LogP contribution in [0.2, 0.25) is 0 Å². The van der Waals surface area contributed by atoms with E-state index in [0.717, 1.165) is 11.3 Å². The Hall–Kier alpha value is -1.36. The lowest BCUT2D eigenvalue weighted by atomic mass is 10.2. The van der Waals surface area contributed by atoms with Crippen LogP contribution in [-0.2, 0) is 18.4 Å². The molecule has 0 saturated heterocycles. The molecule has 1 rings (SSSR count). The van der Waals surface area contributed by atoms with Gasteiger partial charge in [-0.2, -0.15) is 5.10 Å². The summed E-state index contributed by atoms with van der Waals surface area (Å²) < 4.78 is 1.76. The average molecular weight is 210 g/mol. The van der Waals surface area contributed by atoms with Crippen LogP contribution in [0.4, 0.5) is 0 Å². The molecule has 0 radical (unpaired) electrons. The molecule has 1 heterocycles. The van der Waals surface area contributed by atoms with Crippen LogP contribution >= 0.6 is 0 Å². The van der Waals surface area contributed by atoms with E-state index in [4.69, 9.17) is 5.73 Å². The van der Waals surface area contributed by atoms with Crippen molar-refractivity contribution in [1.29, 1.82) is 0 Å². The van der Waals surface area contributed by atoms with Gasteiger partial charge in [0.1, 0.15) is 0 Å². The number of hydrogen-bond donors (Lipinski definition) is 2. The van der Waals surface area contributed by atoms with Crippen LogP contribution in [0, 0.1) is 6.92 Å². The fraction of sp³-hybridized carbons (Fsp3) is 0.600. The second-order valence-electron chi connectivity index (χ2n) is 3.66. The van der Waals surface area contributed by atoms with E-state index in [1.54, 1.807) is 4.68 Å². The summed E-state index contributed by atoms with van der Waals surface area (Å²) in [5, 5.41) is 7.33. The molecule has 0 bridgehead atoms. The topological polar surface area (TPSA) is 72.9 Å². The Labute approximate surface area is 89.6 Å². The lowest BCUT2D eigenvalue weighted by Gasteiger charge is -2.12. The first kappa shape index (κ1) is 11.7. The molecular formula is C10H18N4O. The summed E-state index contributed by atoms with van der Waals surface area (Å²) in [6.45, 7) is 4.50. The number of nitrogens with one attached hydrogen (secondary N) is 1. The van der Waals surface area contributed by atoms with Crippen molar-refractivity contribution in [3.05, 3.63) is 17.5 Å². The van der Waals surface area contributed by atoms with Crippen molar-refractivity contribution in [2.45, 2.75) is 32.9 Å². The molecule has 5 heteroatoms. The van der Waals surface area contributed by atoms with Crippen molar-refractivity contribution in [3.8, 4) is 0 Å². The van der Waals surface area contributed by atoms with Gasteiger partial charge >= 0.3 is 0 Å². The first-order valence-corrected chi connectivity index (χ1v) is 5.06. The zero-order valence-corrected chi connectivity index (χ0v) is 9.45. The van der Waals surface area contributed by atoms with Gasteiger partial charge in [-0.3, -0.25) is 9.48 Å². The fourth-order valence-electron chi connectivity index (χ4n) is 1.50. The van der Waals surface area contributed by atoms with Crippen LogP contribution < -0.4 is 11.1 Å². The highest BCUT2D eigenvalue weighted by Crippen LogP contribution is 2.04. The normalized spacial score (nSPS) is 12.7. The molecule has 0 spiro atoms. The van der Waals surface area contributed by atoms with Crippen LogP contribution in [0.3, 0.4) is 0 Å². The summed E-state index contributed by atoms with van der Waals surface area (Å²) in [5.41, 5.74) is 7.30. The molecule has 1 aromatic heterocycles. The van der Waals surface area contributed by atoms with Crippen molar-refractivity contribution in [1.82, 2.24) is 15.1 Å². The molecule has 15 heavy (non-hydrogen) atoms. The number of aromatic nitrogens is 2. The van der Waals surface area contributed by atoms with Gasteiger partial charge in [-0.15, -0.1) is 0 Å². The third kappa shape index (κ3) is 3.06. The van der Waals surface area contributed by atoms with Crippen molar-refractivity contribution >= 4 is 5.91 Å². The summed E-state index contributed by atoms with van der Waals surface area (Å²) in [7, 11) is 1.88. The van der Waals surface area contributed by atoms with E-state index in [1.807, 2.05) is 27.1 Å². The first-order chi connectivity index (χ1) is 7.04. The van der Waals surface area contributed by atoms with Gasteiger partial charge in [0, 0.05) is 25.4 Å². The molecule has 0 aliphatic carbocycles. The van der Waals surface area contributed by atoms with Gasteiger partial charge < -0.3 is 11.1 Å². The molecule has 84 valence electrons. The smallest absolute Gasteiger partial charge is 0.234 e. The lowest BCUT2D eigenvalue weighted by molar-refractivity contribution is -0.120. The Morgan fingerprint density at radius 1 is 1.73 bits per heavy atom. The number of rotatable bonds is 5. The zero-order valence-electron chi connectivity index (χ0n) is 9.45. The highest BCUT2D eigenvalue weighted by molar-refractivity contribution is 5.79. The van der Waals surface area contributed by atoms with Crippen molar-refractivity contribution in [3.63, 3.8) is 0 Å². The highest BCUT2D eigenvalue weighted by Gasteiger charge is 2.12. The third-order valence-electron chi connectivity index (χ3n) is 2.41. The molecule has 1 amide bonds. The minimum Gasteiger partial charge on any atom is -0.368 e. The molecular weight excluding hydrogens is 192 g/mol. The van der Waals surface area contributed by atoms with Gasteiger partial charge in [-0.05, 0) is 13.3 Å². The zero-order chi connectivity index (χ0) is 11.4. The Balaban J connectivity index is 2.56. The number of carbonyl (C=O) groups excluding carboxylic acids is 1. The van der Waals surface area contributed by atoms with E-state index < -0.39 is 0 Å². The Bertz CT molecular complexity index is 345. The molecule has 1 unspecified atom stereocenters. The molecule has 0 fully saturated rings. The molecule has 3 N–H and O–H groups in total. The molecule has 0 aliphatic rings. The maximum absolute atomic E-state index is 11.0. The van der Waals surface area contributed by atoms with E-state index in [2.05, 4.69) is 10.4 Å². The number of amides is 1. The van der Waals surface area contributed by atoms with Gasteiger partial charge in [-0.1, -0.05) is 6.92 Å². The summed E-state index contributed by atoms with van der Waals surface area (Å²) in [6.07, 6.45) is 2.64. The second kappa shape index (κ2) is 4.93. The van der Waals surface area contributed by atoms with Crippen LogP contribution in [0.1, 0.15) is 24.6 Å². The molecule has 0 aliphatic heterocycles. The number of hydrogen-bond acceptors (Lipinski definition) is 3. The number of aryl methyl sites for hydroxylation is 2. The number of primary amides is 1. The van der Waals surface area contributed by atoms with E-state index >= 15 is 0 Å². The molecule has 1 atom stereocenters. The Kier molecular flexibility index (Phi) is 3.85. The van der Waals surface area contributed by atoms with E-state index in [9.17, 15) is 4.79 Å². The summed E-state index contributed by atoms with van der Waals surface area (Å²) in [5.74, 6) is -0.306. The van der Waals surface area contributed by atoms with E-state index in [0.29, 0.717) is 13.0 Å². The quantitative estimate of drug-likeness (QED) is 0.723. The molecule has 5 nitrogen and oxygen atoms in total. The maximum Gasteiger partial charge on any atom is 0.234 e. The van der Waals surface area contributed by atoms with Crippen LogP contribution in [-0.4, -0.2) is 21.7 Å². The van der Waals surface area contributed by atoms with Crippen LogP contribution in [0.5, 0.6) is 0 Å². The lowest BCUT2D eigenvalue weighted by Crippen LogP contribution is -2.40. The Morgan fingerprint density at radius 3 is 2.80 bits per heavy atom. The van der Waals surface area contributed by atoms with Gasteiger partial charge in [0.2, 0.25) is 5.91 Å². The summed E-state index contributed by atoms with van der Waals surface area (Å²) in [6, 6.07) is -0.260. The van der Waals surface area contributed by atoms with Gasteiger partial charge in [0.05, 0.1) is 11.7 Å². The maximum atomic E-state index is 11.0. The molecule has 0 saturated carbocycles. The van der Waals surface area contributed by atoms with Gasteiger partial charge in [0.15, 0.2) is 0 Å². The average Bonchev–Trinajstić information content (AvgIpc) is 2.45. The minimum atomic E-state index is -0.306. The second-order valence-corrected chi connectivity index (χ2v) is 3.66. The van der Waals surface area contributed by atoms with Crippen molar-refractivity contribution in [2.75, 3.05) is 0 Å². The summed E-state index contributed by atoms with van der Waals surface area (Å²) in [4.78, 5) is 11.0. The fourth-order valence-corrected chi connectivity index (χ4v) is 1.50. The summed E-state index contributed by atoms with van der Waals surface area (Å²) >= 11 is 0. The molecule has 1 aromatic rings. The minimum absolute atomic E-state index is 0.260. The van der Waals surface area contributed by atoms with Crippen molar-refractivity contribution < 1.29 is 4.79 Å². The van der Waals surface area contributed by atoms with Gasteiger partial charge in [-0.25, -0.2) is 0 Å². The number of nitrogens with zero attached hydrogens (tertiary/aromatic N) is 2. The molecule has 0 aromatic carbocycles. The number of nitrogens with two attached hydrogens (primary N) is 1. The Morgan fingerprint density at radius 2 is 2.40 bits per heavy atom. The van der Waals surface area contributed by atoms with Crippen LogP contribution in [0.25, 0.3) is 0 Å². The van der Waals surface area contributed by atoms with Crippen LogP contribution in [0.15, 0.2) is 6.20 Å². The van der Waals surface area contributed by atoms with E-state index in [-0.39, 0.29) is 11.9 Å². The standard InChI is InChI=1S/C10H18N4O/c1-4-9(10(11)15)12-5-8-6-14(3)13-7(8)2/h6,9,12H,4-5H2,1-3H3,(H2,11,15). The highest BCUT2D eigenvalue weighted by atomic mass is 16.1. The van der Waals surface area contributed by atoms with Crippen molar-refractivity contribution in [2.24, 2.45) is 12.8 Å². The SMILES string of the molecule is CCC(NCc1cn(C)nc1C)C(N)=O. The number of carbonyl (C=O) groups is 1. The third-order valence-corrected chi connectivity index (χ3v) is 2.41.